The Bertz CT molecular complexity index is 1220. The van der Waals surface area contributed by atoms with Crippen LogP contribution in [0.5, 0.6) is 0 Å². The number of nitrogens with one attached hydrogen (secondary N) is 1. The van der Waals surface area contributed by atoms with Gasteiger partial charge in [0.05, 0.1) is 5.56 Å². The van der Waals surface area contributed by atoms with Crippen molar-refractivity contribution >= 4 is 11.6 Å². The summed E-state index contributed by atoms with van der Waals surface area (Å²) in [6.07, 6.45) is 12.9. The summed E-state index contributed by atoms with van der Waals surface area (Å²) in [5, 5.41) is 2.82. The highest BCUT2D eigenvalue weighted by Crippen LogP contribution is 2.33. The Labute approximate surface area is 207 Å². The number of aromatic nitrogens is 2. The predicted molar refractivity (Wildman–Crippen MR) is 138 cm³/mol. The van der Waals surface area contributed by atoms with Crippen LogP contribution in [0.1, 0.15) is 78.1 Å². The van der Waals surface area contributed by atoms with Gasteiger partial charge in [0.2, 0.25) is 0 Å². The number of hydrogen-bond acceptors (Lipinski definition) is 3. The lowest BCUT2D eigenvalue weighted by Gasteiger charge is -2.27. The minimum absolute atomic E-state index is 0.259. The fourth-order valence-corrected chi connectivity index (χ4v) is 4.72. The quantitative estimate of drug-likeness (QED) is 0.408. The van der Waals surface area contributed by atoms with Crippen LogP contribution >= 0.6 is 0 Å². The second-order valence-corrected chi connectivity index (χ2v) is 9.50. The first-order valence-electron chi connectivity index (χ1n) is 12.5. The average molecular weight is 470 g/mol. The van der Waals surface area contributed by atoms with Crippen LogP contribution in [0.25, 0.3) is 0 Å². The van der Waals surface area contributed by atoms with Crippen molar-refractivity contribution in [1.29, 1.82) is 0 Å². The Kier molecular flexibility index (Phi) is 8.26. The van der Waals surface area contributed by atoms with Crippen molar-refractivity contribution in [1.82, 2.24) is 9.97 Å². The number of halogens is 1. The standard InChI is InChI=1S/C30H32FN3O/c1-3-22-5-7-23(8-6-22)9-12-25-14-15-28(17-29(25)31)34-30(35)27-11-4-21(2)26(16-27)13-10-24-18-32-20-33-19-24/h4,11,14-20,22-23H,3,5-9,12H2,1-2H3,(H,34,35). The zero-order valence-corrected chi connectivity index (χ0v) is 20.5. The van der Waals surface area contributed by atoms with E-state index in [4.69, 9.17) is 0 Å². The fraction of sp³-hybridized carbons (Fsp3) is 0.367. The molecule has 1 aliphatic rings. The number of rotatable bonds is 6. The van der Waals surface area contributed by atoms with Crippen LogP contribution in [-0.2, 0) is 6.42 Å². The Morgan fingerprint density at radius 1 is 1.03 bits per heavy atom. The van der Waals surface area contributed by atoms with E-state index in [2.05, 4.69) is 34.0 Å². The van der Waals surface area contributed by atoms with Crippen LogP contribution in [0.3, 0.4) is 0 Å². The first kappa shape index (κ1) is 24.6. The molecule has 1 amide bonds. The molecule has 1 N–H and O–H groups in total. The predicted octanol–water partition coefficient (Wildman–Crippen LogP) is 6.73. The molecular weight excluding hydrogens is 437 g/mol. The Morgan fingerprint density at radius 2 is 1.77 bits per heavy atom. The third-order valence-corrected chi connectivity index (χ3v) is 7.08. The zero-order chi connectivity index (χ0) is 24.6. The van der Waals surface area contributed by atoms with E-state index < -0.39 is 0 Å². The molecule has 180 valence electrons. The lowest BCUT2D eigenvalue weighted by Crippen LogP contribution is -2.15. The monoisotopic (exact) mass is 469 g/mol. The van der Waals surface area contributed by atoms with Crippen LogP contribution < -0.4 is 5.32 Å². The fourth-order valence-electron chi connectivity index (χ4n) is 4.72. The van der Waals surface area contributed by atoms with Gasteiger partial charge in [-0.3, -0.25) is 4.79 Å². The minimum atomic E-state index is -0.295. The zero-order valence-electron chi connectivity index (χ0n) is 20.5. The molecule has 1 aromatic heterocycles. The number of nitrogens with zero attached hydrogens (tertiary/aromatic N) is 2. The maximum absolute atomic E-state index is 14.8. The molecule has 0 spiro atoms. The van der Waals surface area contributed by atoms with E-state index in [0.29, 0.717) is 22.7 Å². The van der Waals surface area contributed by atoms with Crippen molar-refractivity contribution in [2.45, 2.75) is 58.8 Å². The van der Waals surface area contributed by atoms with E-state index >= 15 is 0 Å². The van der Waals surface area contributed by atoms with Gasteiger partial charge in [-0.1, -0.05) is 63.0 Å². The summed E-state index contributed by atoms with van der Waals surface area (Å²) in [5.41, 5.74) is 4.05. The molecule has 0 unspecified atom stereocenters. The maximum atomic E-state index is 14.8. The summed E-state index contributed by atoms with van der Waals surface area (Å²) < 4.78 is 14.8. The third kappa shape index (κ3) is 6.76. The number of benzene rings is 2. The van der Waals surface area contributed by atoms with Crippen LogP contribution in [0.4, 0.5) is 10.1 Å². The molecule has 3 aromatic rings. The summed E-state index contributed by atoms with van der Waals surface area (Å²) in [5.74, 6) is 7.12. The molecule has 4 nitrogen and oxygen atoms in total. The molecule has 0 bridgehead atoms. The lowest BCUT2D eigenvalue weighted by atomic mass is 9.78. The molecular formula is C30H32FN3O. The van der Waals surface area contributed by atoms with Crippen LogP contribution in [0, 0.1) is 36.4 Å². The van der Waals surface area contributed by atoms with E-state index in [1.807, 2.05) is 13.0 Å². The lowest BCUT2D eigenvalue weighted by molar-refractivity contribution is 0.102. The second kappa shape index (κ2) is 11.8. The van der Waals surface area contributed by atoms with Crippen LogP contribution in [0.15, 0.2) is 55.1 Å². The molecule has 1 heterocycles. The molecule has 0 saturated heterocycles. The van der Waals surface area contributed by atoms with E-state index in [0.717, 1.165) is 35.4 Å². The Morgan fingerprint density at radius 3 is 2.49 bits per heavy atom. The summed E-state index contributed by atoms with van der Waals surface area (Å²) in [6, 6.07) is 10.4. The number of carbonyl (C=O) groups excluding carboxylic acids is 1. The summed E-state index contributed by atoms with van der Waals surface area (Å²) in [7, 11) is 0. The van der Waals surface area contributed by atoms with Crippen molar-refractivity contribution < 1.29 is 9.18 Å². The molecule has 0 atom stereocenters. The second-order valence-electron chi connectivity index (χ2n) is 9.50. The Balaban J connectivity index is 1.37. The smallest absolute Gasteiger partial charge is 0.255 e. The number of carbonyl (C=O) groups is 1. The molecule has 0 radical (unpaired) electrons. The van der Waals surface area contributed by atoms with Crippen LogP contribution in [-0.4, -0.2) is 15.9 Å². The molecule has 5 heteroatoms. The van der Waals surface area contributed by atoms with E-state index in [1.54, 1.807) is 36.7 Å². The molecule has 1 saturated carbocycles. The van der Waals surface area contributed by atoms with E-state index in [-0.39, 0.29) is 11.7 Å². The average Bonchev–Trinajstić information content (AvgIpc) is 2.88. The molecule has 1 aliphatic carbocycles. The molecule has 2 aromatic carbocycles. The van der Waals surface area contributed by atoms with Crippen molar-refractivity contribution in [3.05, 3.63) is 88.8 Å². The number of hydrogen-bond donors (Lipinski definition) is 1. The normalized spacial score (nSPS) is 17.3. The maximum Gasteiger partial charge on any atom is 0.255 e. The number of amides is 1. The van der Waals surface area contributed by atoms with Gasteiger partial charge < -0.3 is 5.32 Å². The van der Waals surface area contributed by atoms with Gasteiger partial charge in [0.15, 0.2) is 0 Å². The number of aryl methyl sites for hydroxylation is 2. The first-order valence-corrected chi connectivity index (χ1v) is 12.5. The van der Waals surface area contributed by atoms with Gasteiger partial charge in [-0.25, -0.2) is 14.4 Å². The Hall–Kier alpha value is -3.52. The van der Waals surface area contributed by atoms with Crippen molar-refractivity contribution in [2.75, 3.05) is 5.32 Å². The molecule has 1 fully saturated rings. The SMILES string of the molecule is CCC1CCC(CCc2ccc(NC(=O)c3ccc(C)c(C#Cc4cncnc4)c3)cc2F)CC1. The first-order chi connectivity index (χ1) is 17.0. The van der Waals surface area contributed by atoms with E-state index in [9.17, 15) is 9.18 Å². The van der Waals surface area contributed by atoms with E-state index in [1.165, 1.54) is 44.5 Å². The highest BCUT2D eigenvalue weighted by atomic mass is 19.1. The highest BCUT2D eigenvalue weighted by Gasteiger charge is 2.20. The van der Waals surface area contributed by atoms with Gasteiger partial charge in [-0.2, -0.15) is 0 Å². The molecule has 0 aliphatic heterocycles. The molecule has 4 rings (SSSR count). The summed E-state index contributed by atoms with van der Waals surface area (Å²) in [4.78, 5) is 20.7. The van der Waals surface area contributed by atoms with Crippen molar-refractivity contribution in [3.63, 3.8) is 0 Å². The van der Waals surface area contributed by atoms with Gasteiger partial charge in [0, 0.05) is 29.2 Å². The van der Waals surface area contributed by atoms with Gasteiger partial charge in [0.25, 0.3) is 5.91 Å². The summed E-state index contributed by atoms with van der Waals surface area (Å²) in [6.45, 7) is 4.21. The highest BCUT2D eigenvalue weighted by molar-refractivity contribution is 6.04. The van der Waals surface area contributed by atoms with Gasteiger partial charge in [-0.15, -0.1) is 0 Å². The van der Waals surface area contributed by atoms with Gasteiger partial charge >= 0.3 is 0 Å². The van der Waals surface area contributed by atoms with Gasteiger partial charge in [0.1, 0.15) is 12.1 Å². The number of anilines is 1. The topological polar surface area (TPSA) is 54.9 Å². The largest absolute Gasteiger partial charge is 0.322 e. The molecule has 35 heavy (non-hydrogen) atoms. The third-order valence-electron chi connectivity index (χ3n) is 7.08. The summed E-state index contributed by atoms with van der Waals surface area (Å²) >= 11 is 0. The minimum Gasteiger partial charge on any atom is -0.322 e. The van der Waals surface area contributed by atoms with Crippen molar-refractivity contribution in [3.8, 4) is 11.8 Å². The van der Waals surface area contributed by atoms with Crippen molar-refractivity contribution in [2.24, 2.45) is 11.8 Å². The van der Waals surface area contributed by atoms with Gasteiger partial charge in [-0.05, 0) is 67.0 Å². The van der Waals surface area contributed by atoms with Crippen LogP contribution in [0.2, 0.25) is 0 Å².